The number of hydrogen-bond donors (Lipinski definition) is 3. The first-order valence-electron chi connectivity index (χ1n) is 11.5. The molecule has 7 heteroatoms. The maximum Gasteiger partial charge on any atom is 0.321 e. The number of carbonyl (C=O) groups is 2. The number of amides is 3. The van der Waals surface area contributed by atoms with Crippen LogP contribution in [0.5, 0.6) is 0 Å². The fourth-order valence-corrected chi connectivity index (χ4v) is 4.84. The Balaban J connectivity index is 1.64. The largest absolute Gasteiger partial charge is 0.335 e. The normalized spacial score (nSPS) is 12.1. The Hall–Kier alpha value is -2.93. The van der Waals surface area contributed by atoms with Gasteiger partial charge in [-0.15, -0.1) is 0 Å². The first kappa shape index (κ1) is 24.7. The second-order valence-corrected chi connectivity index (χ2v) is 10.3. The standard InChI is InChI=1S/C26H34N4O2S/c1-15(2)8-7-9-19(6)27-25(32)30-26-28-21-11-10-20(14-22(21)33-26)24(31)29-23-17(4)12-16(3)13-18(23)5/h10-15,19H,7-9H2,1-6H3,(H,29,31)(H2,27,28,30,32). The van der Waals surface area contributed by atoms with Crippen LogP contribution < -0.4 is 16.0 Å². The summed E-state index contributed by atoms with van der Waals surface area (Å²) in [5.41, 5.74) is 5.39. The maximum atomic E-state index is 12.9. The van der Waals surface area contributed by atoms with Crippen LogP contribution >= 0.6 is 11.3 Å². The molecule has 3 aromatic rings. The van der Waals surface area contributed by atoms with Crippen molar-refractivity contribution < 1.29 is 9.59 Å². The quantitative estimate of drug-likeness (QED) is 0.341. The Labute approximate surface area is 200 Å². The van der Waals surface area contributed by atoms with Crippen LogP contribution in [0.1, 0.15) is 67.1 Å². The van der Waals surface area contributed by atoms with E-state index in [1.165, 1.54) is 16.9 Å². The van der Waals surface area contributed by atoms with Crippen molar-refractivity contribution in [3.63, 3.8) is 0 Å². The third-order valence-corrected chi connectivity index (χ3v) is 6.52. The zero-order chi connectivity index (χ0) is 24.1. The van der Waals surface area contributed by atoms with Crippen molar-refractivity contribution in [2.45, 2.75) is 66.8 Å². The molecule has 1 unspecified atom stereocenters. The third-order valence-electron chi connectivity index (χ3n) is 5.58. The number of aryl methyl sites for hydroxylation is 3. The van der Waals surface area contributed by atoms with Gasteiger partial charge in [-0.2, -0.15) is 0 Å². The van der Waals surface area contributed by atoms with Gasteiger partial charge >= 0.3 is 6.03 Å². The lowest BCUT2D eigenvalue weighted by atomic mass is 10.0. The van der Waals surface area contributed by atoms with Gasteiger partial charge in [-0.3, -0.25) is 10.1 Å². The molecule has 3 amide bonds. The van der Waals surface area contributed by atoms with E-state index in [4.69, 9.17) is 0 Å². The van der Waals surface area contributed by atoms with Crippen LogP contribution in [0.3, 0.4) is 0 Å². The molecule has 3 N–H and O–H groups in total. The maximum absolute atomic E-state index is 12.9. The number of carbonyl (C=O) groups excluding carboxylic acids is 2. The number of fused-ring (bicyclic) bond motifs is 1. The molecule has 2 aromatic carbocycles. The van der Waals surface area contributed by atoms with Crippen molar-refractivity contribution in [3.05, 3.63) is 52.6 Å². The Kier molecular flexibility index (Phi) is 8.08. The van der Waals surface area contributed by atoms with Crippen molar-refractivity contribution in [3.8, 4) is 0 Å². The third kappa shape index (κ3) is 6.78. The Morgan fingerprint density at radius 1 is 0.970 bits per heavy atom. The van der Waals surface area contributed by atoms with Gasteiger partial charge in [0.25, 0.3) is 5.91 Å². The molecule has 0 aliphatic carbocycles. The number of nitrogens with one attached hydrogen (secondary N) is 3. The molecular weight excluding hydrogens is 432 g/mol. The van der Waals surface area contributed by atoms with Crippen molar-refractivity contribution >= 4 is 44.3 Å². The van der Waals surface area contributed by atoms with Crippen LogP contribution in [0.15, 0.2) is 30.3 Å². The minimum absolute atomic E-state index is 0.0992. The lowest BCUT2D eigenvalue weighted by molar-refractivity contribution is 0.102. The summed E-state index contributed by atoms with van der Waals surface area (Å²) in [7, 11) is 0. The number of thiazole rings is 1. The first-order valence-corrected chi connectivity index (χ1v) is 12.3. The molecule has 0 aliphatic heterocycles. The smallest absolute Gasteiger partial charge is 0.321 e. The molecule has 1 aromatic heterocycles. The van der Waals surface area contributed by atoms with Gasteiger partial charge in [0.2, 0.25) is 0 Å². The van der Waals surface area contributed by atoms with Gasteiger partial charge in [-0.1, -0.05) is 55.7 Å². The summed E-state index contributed by atoms with van der Waals surface area (Å²) in [5.74, 6) is 0.508. The molecule has 0 aliphatic rings. The van der Waals surface area contributed by atoms with Crippen LogP contribution in [0.25, 0.3) is 10.2 Å². The summed E-state index contributed by atoms with van der Waals surface area (Å²) >= 11 is 1.36. The van der Waals surface area contributed by atoms with E-state index in [1.54, 1.807) is 6.07 Å². The van der Waals surface area contributed by atoms with E-state index in [0.717, 1.165) is 46.3 Å². The SMILES string of the molecule is Cc1cc(C)c(NC(=O)c2ccc3nc(NC(=O)NC(C)CCCC(C)C)sc3c2)c(C)c1. The molecule has 6 nitrogen and oxygen atoms in total. The Morgan fingerprint density at radius 3 is 2.33 bits per heavy atom. The van der Waals surface area contributed by atoms with Gasteiger partial charge in [0.15, 0.2) is 5.13 Å². The van der Waals surface area contributed by atoms with E-state index in [2.05, 4.69) is 46.9 Å². The molecule has 1 heterocycles. The highest BCUT2D eigenvalue weighted by Gasteiger charge is 2.14. The van der Waals surface area contributed by atoms with E-state index >= 15 is 0 Å². The minimum atomic E-state index is -0.255. The number of anilines is 2. The first-order chi connectivity index (χ1) is 15.6. The zero-order valence-corrected chi connectivity index (χ0v) is 21.2. The number of benzene rings is 2. The Morgan fingerprint density at radius 2 is 1.67 bits per heavy atom. The van der Waals surface area contributed by atoms with Gasteiger partial charge < -0.3 is 10.6 Å². The van der Waals surface area contributed by atoms with Crippen LogP contribution in [0.4, 0.5) is 15.6 Å². The highest BCUT2D eigenvalue weighted by Crippen LogP contribution is 2.28. The van der Waals surface area contributed by atoms with E-state index in [9.17, 15) is 9.59 Å². The van der Waals surface area contributed by atoms with Crippen LogP contribution in [0, 0.1) is 26.7 Å². The van der Waals surface area contributed by atoms with E-state index in [-0.39, 0.29) is 18.0 Å². The molecule has 0 saturated carbocycles. The van der Waals surface area contributed by atoms with Gasteiger partial charge in [-0.05, 0) is 69.4 Å². The van der Waals surface area contributed by atoms with Crippen molar-refractivity contribution in [2.24, 2.45) is 5.92 Å². The summed E-state index contributed by atoms with van der Waals surface area (Å²) < 4.78 is 0.847. The van der Waals surface area contributed by atoms with Gasteiger partial charge in [-0.25, -0.2) is 9.78 Å². The number of hydrogen-bond acceptors (Lipinski definition) is 4. The van der Waals surface area contributed by atoms with Gasteiger partial charge in [0.05, 0.1) is 10.2 Å². The predicted octanol–water partition coefficient (Wildman–Crippen LogP) is 6.81. The second kappa shape index (κ2) is 10.8. The molecular formula is C26H34N4O2S. The number of urea groups is 1. The Bertz CT molecular complexity index is 1130. The summed E-state index contributed by atoms with van der Waals surface area (Å²) in [4.78, 5) is 29.7. The highest BCUT2D eigenvalue weighted by atomic mass is 32.1. The molecule has 0 bridgehead atoms. The number of rotatable bonds is 8. The van der Waals surface area contributed by atoms with E-state index in [1.807, 2.05) is 39.8 Å². The summed E-state index contributed by atoms with van der Waals surface area (Å²) in [6.07, 6.45) is 3.20. The lowest BCUT2D eigenvalue weighted by Gasteiger charge is -2.14. The van der Waals surface area contributed by atoms with Gasteiger partial charge in [0, 0.05) is 17.3 Å². The van der Waals surface area contributed by atoms with Crippen LogP contribution in [-0.2, 0) is 0 Å². The molecule has 33 heavy (non-hydrogen) atoms. The summed E-state index contributed by atoms with van der Waals surface area (Å²) in [6, 6.07) is 9.35. The number of aromatic nitrogens is 1. The van der Waals surface area contributed by atoms with E-state index in [0.29, 0.717) is 16.6 Å². The summed E-state index contributed by atoms with van der Waals surface area (Å²) in [5, 5.41) is 9.35. The highest BCUT2D eigenvalue weighted by molar-refractivity contribution is 7.22. The second-order valence-electron chi connectivity index (χ2n) is 9.25. The average Bonchev–Trinajstić information content (AvgIpc) is 3.11. The van der Waals surface area contributed by atoms with Crippen molar-refractivity contribution in [1.82, 2.24) is 10.3 Å². The monoisotopic (exact) mass is 466 g/mol. The fraction of sp³-hybridized carbons (Fsp3) is 0.423. The van der Waals surface area contributed by atoms with E-state index < -0.39 is 0 Å². The van der Waals surface area contributed by atoms with Crippen LogP contribution in [0.2, 0.25) is 0 Å². The zero-order valence-electron chi connectivity index (χ0n) is 20.3. The average molecular weight is 467 g/mol. The fourth-order valence-electron chi connectivity index (χ4n) is 3.94. The molecule has 3 rings (SSSR count). The topological polar surface area (TPSA) is 83.1 Å². The molecule has 0 saturated heterocycles. The predicted molar refractivity (Wildman–Crippen MR) is 139 cm³/mol. The van der Waals surface area contributed by atoms with Crippen LogP contribution in [-0.4, -0.2) is 23.0 Å². The van der Waals surface area contributed by atoms with Gasteiger partial charge in [0.1, 0.15) is 0 Å². The van der Waals surface area contributed by atoms with Crippen molar-refractivity contribution in [1.29, 1.82) is 0 Å². The molecule has 0 radical (unpaired) electrons. The molecule has 0 spiro atoms. The molecule has 1 atom stereocenters. The molecule has 176 valence electrons. The van der Waals surface area contributed by atoms with Crippen molar-refractivity contribution in [2.75, 3.05) is 10.6 Å². The lowest BCUT2D eigenvalue weighted by Crippen LogP contribution is -2.36. The number of nitrogens with zero attached hydrogens (tertiary/aromatic N) is 1. The summed E-state index contributed by atoms with van der Waals surface area (Å²) in [6.45, 7) is 12.5. The molecule has 0 fully saturated rings. The minimum Gasteiger partial charge on any atom is -0.335 e.